The van der Waals surface area contributed by atoms with E-state index in [1.54, 1.807) is 54.6 Å². The molecular weight excluding hydrogens is 838 g/mol. The van der Waals surface area contributed by atoms with E-state index in [9.17, 15) is 22.8 Å². The SMILES string of the molecule is CCC(Oc1ccc(C(C)(C)CC)cc1C(C)(C)CC)C(=O)Nn1c(C(=Nc2ccc(N(CC)CCNS(C)(=O)=O)cc2C)C(=O)Nc2ccccc2Cl)nc2ccccc2c1=O. The third-order valence-corrected chi connectivity index (χ3v) is 12.7. The minimum absolute atomic E-state index is 0.0770. The highest BCUT2D eigenvalue weighted by Crippen LogP contribution is 2.39. The number of ether oxygens (including phenoxy) is 1. The van der Waals surface area contributed by atoms with Gasteiger partial charge in [0.25, 0.3) is 17.4 Å². The summed E-state index contributed by atoms with van der Waals surface area (Å²) in [5, 5.41) is 3.30. The molecule has 5 aromatic rings. The summed E-state index contributed by atoms with van der Waals surface area (Å²) in [6.07, 6.45) is 2.08. The molecule has 0 saturated heterocycles. The van der Waals surface area contributed by atoms with E-state index in [2.05, 4.69) is 63.1 Å². The Morgan fingerprint density at radius 3 is 2.24 bits per heavy atom. The quantitative estimate of drug-likeness (QED) is 0.0693. The second-order valence-electron chi connectivity index (χ2n) is 16.9. The molecular formula is C48H60ClN7O6S. The van der Waals surface area contributed by atoms with Crippen LogP contribution in [0.3, 0.4) is 0 Å². The first-order valence-corrected chi connectivity index (χ1v) is 23.6. The van der Waals surface area contributed by atoms with Gasteiger partial charge in [-0.1, -0.05) is 96.5 Å². The number of aromatic nitrogens is 2. The van der Waals surface area contributed by atoms with Crippen molar-refractivity contribution in [2.45, 2.75) is 98.5 Å². The van der Waals surface area contributed by atoms with Crippen molar-refractivity contribution >= 4 is 67.1 Å². The van der Waals surface area contributed by atoms with E-state index in [4.69, 9.17) is 26.3 Å². The second-order valence-corrected chi connectivity index (χ2v) is 19.1. The molecule has 0 radical (unpaired) electrons. The molecule has 1 atom stereocenters. The number of hydrogen-bond donors (Lipinski definition) is 3. The molecule has 0 aliphatic carbocycles. The first-order chi connectivity index (χ1) is 29.7. The van der Waals surface area contributed by atoms with E-state index in [-0.39, 0.29) is 51.3 Å². The Kier molecular flexibility index (Phi) is 15.6. The molecule has 1 heterocycles. The fourth-order valence-electron chi connectivity index (χ4n) is 6.89. The van der Waals surface area contributed by atoms with Crippen LogP contribution in [-0.2, 0) is 30.4 Å². The number of hydrogen-bond acceptors (Lipinski definition) is 9. The van der Waals surface area contributed by atoms with Crippen molar-refractivity contribution in [1.82, 2.24) is 14.4 Å². The number of carbonyl (C=O) groups is 2. The summed E-state index contributed by atoms with van der Waals surface area (Å²) < 4.78 is 33.5. The summed E-state index contributed by atoms with van der Waals surface area (Å²) in [6, 6.07) is 24.9. The number of amides is 2. The molecule has 5 rings (SSSR count). The molecule has 1 aromatic heterocycles. The predicted molar refractivity (Wildman–Crippen MR) is 256 cm³/mol. The minimum atomic E-state index is -3.37. The molecule has 2 amide bonds. The van der Waals surface area contributed by atoms with Gasteiger partial charge in [0.05, 0.1) is 33.6 Å². The van der Waals surface area contributed by atoms with Gasteiger partial charge in [-0.05, 0) is 104 Å². The topological polar surface area (TPSA) is 164 Å². The maximum atomic E-state index is 14.5. The van der Waals surface area contributed by atoms with Crippen molar-refractivity contribution in [3.63, 3.8) is 0 Å². The number of aliphatic imine (C=N–C) groups is 1. The Morgan fingerprint density at radius 1 is 0.921 bits per heavy atom. The van der Waals surface area contributed by atoms with E-state index in [0.29, 0.717) is 35.8 Å². The molecule has 3 N–H and O–H groups in total. The van der Waals surface area contributed by atoms with Crippen LogP contribution >= 0.6 is 11.6 Å². The van der Waals surface area contributed by atoms with Crippen molar-refractivity contribution in [2.75, 3.05) is 41.5 Å². The lowest BCUT2D eigenvalue weighted by Crippen LogP contribution is -2.45. The Labute approximate surface area is 376 Å². The van der Waals surface area contributed by atoms with Gasteiger partial charge < -0.3 is 15.0 Å². The zero-order valence-corrected chi connectivity index (χ0v) is 39.5. The highest BCUT2D eigenvalue weighted by atomic mass is 35.5. The van der Waals surface area contributed by atoms with Crippen molar-refractivity contribution in [1.29, 1.82) is 0 Å². The van der Waals surface area contributed by atoms with E-state index in [1.807, 2.05) is 49.9 Å². The summed E-state index contributed by atoms with van der Waals surface area (Å²) in [5.41, 5.74) is 6.06. The maximum Gasteiger partial charge on any atom is 0.280 e. The molecule has 1 unspecified atom stereocenters. The highest BCUT2D eigenvalue weighted by Gasteiger charge is 2.31. The first kappa shape index (κ1) is 48.5. The van der Waals surface area contributed by atoms with Crippen LogP contribution in [0.4, 0.5) is 17.1 Å². The largest absolute Gasteiger partial charge is 0.480 e. The molecule has 0 spiro atoms. The van der Waals surface area contributed by atoms with Crippen LogP contribution in [0.15, 0.2) is 94.7 Å². The summed E-state index contributed by atoms with van der Waals surface area (Å²) in [4.78, 5) is 55.2. The number of rotatable bonds is 19. The summed E-state index contributed by atoms with van der Waals surface area (Å²) in [7, 11) is -3.37. The number of nitrogens with one attached hydrogen (secondary N) is 3. The first-order valence-electron chi connectivity index (χ1n) is 21.3. The van der Waals surface area contributed by atoms with Crippen molar-refractivity contribution in [3.05, 3.63) is 123 Å². The average Bonchev–Trinajstić information content (AvgIpc) is 3.25. The number of sulfonamides is 1. The van der Waals surface area contributed by atoms with Crippen LogP contribution in [0.5, 0.6) is 5.75 Å². The van der Waals surface area contributed by atoms with Crippen molar-refractivity contribution in [3.8, 4) is 5.75 Å². The monoisotopic (exact) mass is 897 g/mol. The number of halogens is 1. The zero-order valence-electron chi connectivity index (χ0n) is 37.9. The second kappa shape index (κ2) is 20.3. The number of anilines is 2. The molecule has 63 heavy (non-hydrogen) atoms. The standard InChI is InChI=1S/C48H60ClN7O6S/c1-11-40(62-41-26-23-32(47(6,7)12-2)30-35(41)48(8,9)13-3)44(57)54-56-43(52-38-21-17-15-19-34(38)46(56)59)42(45(58)53-39-22-18-16-20-36(39)49)51-37-25-24-33(29-31(37)5)55(14-4)28-27-50-63(10,60)61/h15-26,29-30,40,50H,11-14,27-28H2,1-10H3,(H,53,58)(H,54,57). The number of fused-ring (bicyclic) bond motifs is 1. The third-order valence-electron chi connectivity index (χ3n) is 11.6. The Balaban J connectivity index is 1.63. The van der Waals surface area contributed by atoms with Gasteiger partial charge in [-0.2, -0.15) is 4.68 Å². The molecule has 0 bridgehead atoms. The van der Waals surface area contributed by atoms with E-state index in [0.717, 1.165) is 35.0 Å². The summed E-state index contributed by atoms with van der Waals surface area (Å²) >= 11 is 6.49. The van der Waals surface area contributed by atoms with Crippen LogP contribution in [-0.4, -0.2) is 67.6 Å². The molecule has 13 nitrogen and oxygen atoms in total. The number of carbonyl (C=O) groups excluding carboxylic acids is 2. The molecule has 0 aliphatic rings. The van der Waals surface area contributed by atoms with Crippen LogP contribution in [0.1, 0.15) is 97.2 Å². The molecule has 15 heteroatoms. The zero-order chi connectivity index (χ0) is 46.3. The van der Waals surface area contributed by atoms with Crippen molar-refractivity contribution in [2.24, 2.45) is 4.99 Å². The number of nitrogens with zero attached hydrogens (tertiary/aromatic N) is 4. The number of benzene rings is 4. The Hall–Kier alpha value is -5.57. The Bertz CT molecular complexity index is 2680. The van der Waals surface area contributed by atoms with Crippen molar-refractivity contribution < 1.29 is 22.7 Å². The smallest absolute Gasteiger partial charge is 0.280 e. The van der Waals surface area contributed by atoms with Gasteiger partial charge in [0.1, 0.15) is 5.75 Å². The molecule has 0 fully saturated rings. The third kappa shape index (κ3) is 11.7. The van der Waals surface area contributed by atoms with Gasteiger partial charge in [-0.15, -0.1) is 0 Å². The summed E-state index contributed by atoms with van der Waals surface area (Å²) in [6.45, 7) is 19.8. The molecule has 0 aliphatic heterocycles. The van der Waals surface area contributed by atoms with Gasteiger partial charge in [-0.25, -0.2) is 23.1 Å². The average molecular weight is 899 g/mol. The number of para-hydroxylation sites is 2. The summed E-state index contributed by atoms with van der Waals surface area (Å²) in [5.74, 6) is -1.04. The molecule has 336 valence electrons. The molecule has 4 aromatic carbocycles. The van der Waals surface area contributed by atoms with Gasteiger partial charge >= 0.3 is 0 Å². The fraction of sp³-hybridized carbons (Fsp3) is 0.396. The van der Waals surface area contributed by atoms with Gasteiger partial charge in [-0.3, -0.25) is 19.8 Å². The fourth-order valence-corrected chi connectivity index (χ4v) is 7.54. The van der Waals surface area contributed by atoms with Crippen LogP contribution in [0.25, 0.3) is 10.9 Å². The van der Waals surface area contributed by atoms with Gasteiger partial charge in [0.15, 0.2) is 17.6 Å². The van der Waals surface area contributed by atoms with Crippen LogP contribution < -0.4 is 30.7 Å². The van der Waals surface area contributed by atoms with E-state index >= 15 is 0 Å². The predicted octanol–water partition coefficient (Wildman–Crippen LogP) is 8.80. The lowest BCUT2D eigenvalue weighted by molar-refractivity contribution is -0.124. The van der Waals surface area contributed by atoms with E-state index < -0.39 is 33.5 Å². The Morgan fingerprint density at radius 2 is 1.60 bits per heavy atom. The molecule has 0 saturated carbocycles. The van der Waals surface area contributed by atoms with E-state index in [1.165, 1.54) is 5.56 Å². The minimum Gasteiger partial charge on any atom is -0.480 e. The van der Waals surface area contributed by atoms with Gasteiger partial charge in [0.2, 0.25) is 10.0 Å². The lowest BCUT2D eigenvalue weighted by Gasteiger charge is -2.31. The van der Waals surface area contributed by atoms with Gasteiger partial charge in [0, 0.05) is 30.9 Å². The highest BCUT2D eigenvalue weighted by molar-refractivity contribution is 7.88. The van der Waals surface area contributed by atoms with Crippen LogP contribution in [0.2, 0.25) is 5.02 Å². The van der Waals surface area contributed by atoms with Crippen LogP contribution in [0, 0.1) is 6.92 Å². The lowest BCUT2D eigenvalue weighted by atomic mass is 9.76. The normalized spacial score (nSPS) is 12.8. The maximum absolute atomic E-state index is 14.5. The number of likely N-dealkylation sites (N-methyl/N-ethyl adjacent to an activating group) is 1. The number of aryl methyl sites for hydroxylation is 1.